The Bertz CT molecular complexity index is 505. The first-order chi connectivity index (χ1) is 8.81. The molecule has 2 atom stereocenters. The third-order valence-corrected chi connectivity index (χ3v) is 4.32. The monoisotopic (exact) mass is 236 g/mol. The summed E-state index contributed by atoms with van der Waals surface area (Å²) in [7, 11) is 0. The summed E-state index contributed by atoms with van der Waals surface area (Å²) >= 11 is 0. The molecule has 1 fully saturated rings. The lowest BCUT2D eigenvalue weighted by Crippen LogP contribution is -2.14. The molecule has 1 saturated carbocycles. The van der Waals surface area contributed by atoms with E-state index in [0.717, 1.165) is 6.29 Å². The van der Waals surface area contributed by atoms with E-state index < -0.39 is 0 Å². The zero-order chi connectivity index (χ0) is 12.6. The average molecular weight is 236 g/mol. The van der Waals surface area contributed by atoms with Gasteiger partial charge in [0.25, 0.3) is 0 Å². The first-order valence-electron chi connectivity index (χ1n) is 6.38. The molecule has 0 aromatic heterocycles. The minimum atomic E-state index is -0.107. The van der Waals surface area contributed by atoms with E-state index >= 15 is 0 Å². The maximum absolute atomic E-state index is 11.3. The van der Waals surface area contributed by atoms with E-state index in [1.165, 1.54) is 11.1 Å². The molecule has 0 spiro atoms. The summed E-state index contributed by atoms with van der Waals surface area (Å²) in [6, 6.07) is 20.8. The zero-order valence-electron chi connectivity index (χ0n) is 10.4. The molecule has 90 valence electrons. The minimum absolute atomic E-state index is 0.0994. The fraction of sp³-hybridized carbons (Fsp3) is 0.235. The van der Waals surface area contributed by atoms with Crippen LogP contribution in [0.5, 0.6) is 0 Å². The van der Waals surface area contributed by atoms with Crippen molar-refractivity contribution in [2.45, 2.75) is 12.3 Å². The predicted molar refractivity (Wildman–Crippen MR) is 72.4 cm³/mol. The van der Waals surface area contributed by atoms with Crippen molar-refractivity contribution in [3.8, 4) is 0 Å². The highest BCUT2D eigenvalue weighted by Gasteiger charge is 2.63. The van der Waals surface area contributed by atoms with E-state index in [-0.39, 0.29) is 11.3 Å². The standard InChI is InChI=1S/C17H16O/c1-13-16(12-18)17(13,14-8-4-2-5-9-14)15-10-6-3-7-11-15/h2-13,16H,1H3. The Hall–Kier alpha value is -1.89. The molecular formula is C17H16O. The van der Waals surface area contributed by atoms with Crippen LogP contribution in [0.2, 0.25) is 0 Å². The first-order valence-corrected chi connectivity index (χ1v) is 6.38. The van der Waals surface area contributed by atoms with E-state index in [1.807, 2.05) is 36.4 Å². The van der Waals surface area contributed by atoms with Crippen LogP contribution >= 0.6 is 0 Å². The van der Waals surface area contributed by atoms with Gasteiger partial charge < -0.3 is 4.79 Å². The molecular weight excluding hydrogens is 220 g/mol. The molecule has 0 bridgehead atoms. The third kappa shape index (κ3) is 1.37. The Balaban J connectivity index is 2.16. The van der Waals surface area contributed by atoms with Crippen LogP contribution in [0.15, 0.2) is 60.7 Å². The van der Waals surface area contributed by atoms with E-state index in [1.54, 1.807) is 0 Å². The lowest BCUT2D eigenvalue weighted by molar-refractivity contribution is -0.109. The smallest absolute Gasteiger partial charge is 0.124 e. The molecule has 2 aromatic rings. The normalized spacial score (nSPS) is 24.5. The molecule has 1 aliphatic rings. The van der Waals surface area contributed by atoms with Gasteiger partial charge in [-0.3, -0.25) is 0 Å². The Kier molecular flexibility index (Phi) is 2.55. The maximum Gasteiger partial charge on any atom is 0.124 e. The van der Waals surface area contributed by atoms with Crippen molar-refractivity contribution >= 4 is 6.29 Å². The highest BCUT2D eigenvalue weighted by molar-refractivity contribution is 5.70. The van der Waals surface area contributed by atoms with Crippen LogP contribution in [0.3, 0.4) is 0 Å². The van der Waals surface area contributed by atoms with Gasteiger partial charge in [-0.1, -0.05) is 67.6 Å². The second kappa shape index (κ2) is 4.09. The second-order valence-corrected chi connectivity index (χ2v) is 5.05. The molecule has 0 saturated heterocycles. The summed E-state index contributed by atoms with van der Waals surface area (Å²) < 4.78 is 0. The Morgan fingerprint density at radius 3 is 1.67 bits per heavy atom. The molecule has 1 heteroatoms. The van der Waals surface area contributed by atoms with Gasteiger partial charge in [0, 0.05) is 11.3 Å². The molecule has 3 rings (SSSR count). The molecule has 1 aliphatic carbocycles. The van der Waals surface area contributed by atoms with Gasteiger partial charge in [-0.2, -0.15) is 0 Å². The Labute approximate surface area is 107 Å². The number of carbonyl (C=O) groups is 1. The van der Waals surface area contributed by atoms with E-state index in [0.29, 0.717) is 5.92 Å². The molecule has 2 unspecified atom stereocenters. The van der Waals surface area contributed by atoms with E-state index in [9.17, 15) is 4.79 Å². The SMILES string of the molecule is CC1C(C=O)C1(c1ccccc1)c1ccccc1. The zero-order valence-corrected chi connectivity index (χ0v) is 10.4. The predicted octanol–water partition coefficient (Wildman–Crippen LogP) is 3.44. The van der Waals surface area contributed by atoms with Gasteiger partial charge in [0.15, 0.2) is 0 Å². The number of aldehydes is 1. The number of hydrogen-bond donors (Lipinski definition) is 0. The number of carbonyl (C=O) groups excluding carboxylic acids is 1. The van der Waals surface area contributed by atoms with Crippen LogP contribution in [0.4, 0.5) is 0 Å². The summed E-state index contributed by atoms with van der Waals surface area (Å²) in [6.07, 6.45) is 1.12. The van der Waals surface area contributed by atoms with E-state index in [2.05, 4.69) is 31.2 Å². The van der Waals surface area contributed by atoms with Crippen molar-refractivity contribution in [3.05, 3.63) is 71.8 Å². The van der Waals surface area contributed by atoms with Gasteiger partial charge in [-0.05, 0) is 17.0 Å². The molecule has 18 heavy (non-hydrogen) atoms. The fourth-order valence-electron chi connectivity index (χ4n) is 3.32. The maximum atomic E-state index is 11.3. The number of benzene rings is 2. The molecule has 0 radical (unpaired) electrons. The number of rotatable bonds is 3. The largest absolute Gasteiger partial charge is 0.303 e. The van der Waals surface area contributed by atoms with Crippen LogP contribution in [0.1, 0.15) is 18.1 Å². The second-order valence-electron chi connectivity index (χ2n) is 5.05. The molecule has 0 heterocycles. The summed E-state index contributed by atoms with van der Waals surface area (Å²) in [4.78, 5) is 11.3. The lowest BCUT2D eigenvalue weighted by Gasteiger charge is -2.18. The third-order valence-electron chi connectivity index (χ3n) is 4.32. The summed E-state index contributed by atoms with van der Waals surface area (Å²) in [5.41, 5.74) is 2.39. The van der Waals surface area contributed by atoms with Crippen molar-refractivity contribution in [1.29, 1.82) is 0 Å². The van der Waals surface area contributed by atoms with Crippen LogP contribution in [-0.4, -0.2) is 6.29 Å². The molecule has 0 amide bonds. The van der Waals surface area contributed by atoms with Crippen molar-refractivity contribution in [2.24, 2.45) is 11.8 Å². The molecule has 2 aromatic carbocycles. The topological polar surface area (TPSA) is 17.1 Å². The summed E-state index contributed by atoms with van der Waals surface area (Å²) in [6.45, 7) is 2.17. The van der Waals surface area contributed by atoms with Crippen LogP contribution in [0.25, 0.3) is 0 Å². The Morgan fingerprint density at radius 2 is 1.33 bits per heavy atom. The highest BCUT2D eigenvalue weighted by Crippen LogP contribution is 2.62. The van der Waals surface area contributed by atoms with Gasteiger partial charge in [-0.25, -0.2) is 0 Å². The van der Waals surface area contributed by atoms with Crippen LogP contribution in [0, 0.1) is 11.8 Å². The molecule has 1 nitrogen and oxygen atoms in total. The van der Waals surface area contributed by atoms with Crippen molar-refractivity contribution < 1.29 is 4.79 Å². The van der Waals surface area contributed by atoms with Crippen molar-refractivity contribution in [3.63, 3.8) is 0 Å². The van der Waals surface area contributed by atoms with E-state index in [4.69, 9.17) is 0 Å². The van der Waals surface area contributed by atoms with Gasteiger partial charge in [-0.15, -0.1) is 0 Å². The minimum Gasteiger partial charge on any atom is -0.303 e. The van der Waals surface area contributed by atoms with Gasteiger partial charge in [0.2, 0.25) is 0 Å². The first kappa shape index (κ1) is 11.2. The van der Waals surface area contributed by atoms with Gasteiger partial charge >= 0.3 is 0 Å². The Morgan fingerprint density at radius 1 is 0.889 bits per heavy atom. The molecule has 0 N–H and O–H groups in total. The lowest BCUT2D eigenvalue weighted by atomic mass is 9.84. The average Bonchev–Trinajstić information content (AvgIpc) is 3.06. The van der Waals surface area contributed by atoms with Crippen LogP contribution in [-0.2, 0) is 10.2 Å². The quantitative estimate of drug-likeness (QED) is 0.746. The number of hydrogen-bond acceptors (Lipinski definition) is 1. The van der Waals surface area contributed by atoms with Crippen LogP contribution < -0.4 is 0 Å². The van der Waals surface area contributed by atoms with Crippen molar-refractivity contribution in [2.75, 3.05) is 0 Å². The van der Waals surface area contributed by atoms with Gasteiger partial charge in [0.1, 0.15) is 6.29 Å². The highest BCUT2D eigenvalue weighted by atomic mass is 16.1. The summed E-state index contributed by atoms with van der Waals surface area (Å²) in [5, 5.41) is 0. The van der Waals surface area contributed by atoms with Crippen molar-refractivity contribution in [1.82, 2.24) is 0 Å². The fourth-order valence-corrected chi connectivity index (χ4v) is 3.32. The van der Waals surface area contributed by atoms with Gasteiger partial charge in [0.05, 0.1) is 0 Å². The molecule has 0 aliphatic heterocycles. The summed E-state index contributed by atoms with van der Waals surface area (Å²) in [5.74, 6) is 0.474.